The van der Waals surface area contributed by atoms with E-state index in [4.69, 9.17) is 22.9 Å². The number of aromatic nitrogens is 4. The van der Waals surface area contributed by atoms with E-state index in [1.54, 1.807) is 41.5 Å². The number of carboxylic acid groups (broad SMARTS) is 2. The average molecular weight is 1380 g/mol. The molecule has 0 spiro atoms. The van der Waals surface area contributed by atoms with E-state index >= 15 is 0 Å². The van der Waals surface area contributed by atoms with Crippen molar-refractivity contribution in [1.29, 1.82) is 0 Å². The minimum atomic E-state index is -1.81. The summed E-state index contributed by atoms with van der Waals surface area (Å²) in [6.07, 6.45) is 5.18. The molecule has 2 aliphatic rings. The lowest BCUT2D eigenvalue weighted by Gasteiger charge is -2.32. The SMILES string of the molecule is CC(C)C[C@H](NC(=O)[C@H](C)NC(=O)[C@H](CCCN=C(N)N)NC(=O)[C@@H]1CCCN1C(=O)[C@H](CC(C)C)NC(=O)[C@H](Cc1cnc[nH]1)NC(=O)[C@@H]1CCCN1C(=O)[C@H](Cc1cnc[nH]1)NC(=O)[C@@H](NC(=O)[C@@H](NC(=O)[C@@H](N)CCCCN)C(C)C)[C@@H](C)O)C(=O)N[C@@H](CC(=O)O)C(=O)O. The third kappa shape index (κ3) is 25.9. The van der Waals surface area contributed by atoms with Crippen LogP contribution in [0.5, 0.6) is 0 Å². The highest BCUT2D eigenvalue weighted by molar-refractivity contribution is 6.00. The Morgan fingerprint density at radius 2 is 1.04 bits per heavy atom. The molecular formula is C62H102N20O16. The number of nitrogens with two attached hydrogens (primary N) is 4. The Hall–Kier alpha value is -9.32. The van der Waals surface area contributed by atoms with Crippen LogP contribution in [0.15, 0.2) is 30.0 Å². The third-order valence-corrected chi connectivity index (χ3v) is 16.5. The van der Waals surface area contributed by atoms with Gasteiger partial charge in [0.05, 0.1) is 31.2 Å². The molecule has 11 amide bonds. The lowest BCUT2D eigenvalue weighted by Crippen LogP contribution is -2.62. The molecule has 36 nitrogen and oxygen atoms in total. The first-order valence-electron chi connectivity index (χ1n) is 33.2. The van der Waals surface area contributed by atoms with Crippen LogP contribution in [0.25, 0.3) is 0 Å². The van der Waals surface area contributed by atoms with Crippen molar-refractivity contribution in [3.05, 3.63) is 36.4 Å². The number of aliphatic imine (C=N–C) groups is 1. The molecule has 0 bridgehead atoms. The Morgan fingerprint density at radius 3 is 1.54 bits per heavy atom. The van der Waals surface area contributed by atoms with Gasteiger partial charge in [-0.3, -0.25) is 62.5 Å². The van der Waals surface area contributed by atoms with Gasteiger partial charge in [0.2, 0.25) is 65.0 Å². The first kappa shape index (κ1) is 81.1. The minimum absolute atomic E-state index is 0.00839. The predicted octanol–water partition coefficient (Wildman–Crippen LogP) is -4.52. The van der Waals surface area contributed by atoms with Crippen molar-refractivity contribution in [2.45, 2.75) is 224 Å². The molecule has 22 N–H and O–H groups in total. The topological polar surface area (TPSA) is 571 Å². The number of aromatic amines is 2. The summed E-state index contributed by atoms with van der Waals surface area (Å²) in [5, 5.41) is 52.9. The van der Waals surface area contributed by atoms with Crippen LogP contribution in [-0.4, -0.2) is 233 Å². The molecule has 0 aromatic carbocycles. The number of carboxylic acids is 2. The maximum atomic E-state index is 14.9. The quantitative estimate of drug-likeness (QED) is 0.0169. The number of amides is 11. The van der Waals surface area contributed by atoms with E-state index in [2.05, 4.69) is 72.8 Å². The third-order valence-electron chi connectivity index (χ3n) is 16.5. The highest BCUT2D eigenvalue weighted by Crippen LogP contribution is 2.24. The largest absolute Gasteiger partial charge is 0.481 e. The van der Waals surface area contributed by atoms with E-state index in [0.29, 0.717) is 50.0 Å². The van der Waals surface area contributed by atoms with E-state index in [0.717, 1.165) is 0 Å². The number of guanidine groups is 1. The number of carbonyl (C=O) groups excluding carboxylic acids is 11. The second kappa shape index (κ2) is 39.8. The summed E-state index contributed by atoms with van der Waals surface area (Å²) in [5.41, 5.74) is 23.5. The van der Waals surface area contributed by atoms with Gasteiger partial charge in [0.15, 0.2) is 5.96 Å². The Balaban J connectivity index is 1.55. The number of hydrogen-bond acceptors (Lipinski definition) is 19. The zero-order chi connectivity index (χ0) is 73.1. The molecule has 0 aliphatic carbocycles. The molecule has 0 radical (unpaired) electrons. The van der Waals surface area contributed by atoms with Crippen molar-refractivity contribution < 1.29 is 77.6 Å². The highest BCUT2D eigenvalue weighted by Gasteiger charge is 2.44. The Labute approximate surface area is 568 Å². The number of aliphatic hydroxyl groups is 1. The first-order chi connectivity index (χ1) is 46.2. The van der Waals surface area contributed by atoms with E-state index < -0.39 is 168 Å². The molecular weight excluding hydrogens is 1280 g/mol. The standard InChI is InChI=1S/C62H102N20O16/c1-31(2)22-40(53(89)78-44(61(97)98)26-47(84)85)74-50(86)34(7)72-52(88)39(15-11-19-69-62(65)66)73-55(91)45-16-12-20-81(45)59(95)42(23-32(3)4)76-54(90)41(24-36-27-67-29-70-36)75-56(92)46-17-13-21-82(46)60(96)43(25-37-28-68-30-71-37)77-58(94)49(35(8)83)80-57(93)48(33(5)6)79-51(87)38(64)14-9-10-18-63/h27-35,38-46,48-49,83H,9-26,63-64H2,1-8H3,(H,67,70)(H,68,71)(H,72,88)(H,73,91)(H,74,86)(H,75,92)(H,76,90)(H,77,94)(H,78,89)(H,79,87)(H,80,93)(H,84,85)(H,97,98)(H4,65,66,69)/t34-,35+,38-,39-,40-,41-,42-,43-,44-,45-,46-,48-,49-/m0/s1. The number of nitrogens with zero attached hydrogens (tertiary/aromatic N) is 5. The molecule has 36 heteroatoms. The van der Waals surface area contributed by atoms with Crippen molar-refractivity contribution >= 4 is 82.9 Å². The van der Waals surface area contributed by atoms with Gasteiger partial charge in [0, 0.05) is 56.3 Å². The van der Waals surface area contributed by atoms with Crippen molar-refractivity contribution in [3.8, 4) is 0 Å². The summed E-state index contributed by atoms with van der Waals surface area (Å²) in [6, 6.07) is -16.2. The minimum Gasteiger partial charge on any atom is -0.481 e. The van der Waals surface area contributed by atoms with Crippen LogP contribution in [0.4, 0.5) is 0 Å². The number of rotatable bonds is 41. The van der Waals surface area contributed by atoms with Gasteiger partial charge < -0.3 is 106 Å². The number of nitrogens with one attached hydrogen (secondary N) is 11. The van der Waals surface area contributed by atoms with Crippen LogP contribution in [0, 0.1) is 17.8 Å². The number of H-pyrrole nitrogens is 2. The molecule has 4 heterocycles. The lowest BCUT2D eigenvalue weighted by molar-refractivity contribution is -0.147. The zero-order valence-electron chi connectivity index (χ0n) is 57.0. The van der Waals surface area contributed by atoms with Gasteiger partial charge in [-0.2, -0.15) is 0 Å². The highest BCUT2D eigenvalue weighted by atomic mass is 16.4. The van der Waals surface area contributed by atoms with E-state index in [-0.39, 0.29) is 88.8 Å². The molecule has 4 rings (SSSR count). The molecule has 2 saturated heterocycles. The number of unbranched alkanes of at least 4 members (excludes halogenated alkanes) is 1. The zero-order valence-corrected chi connectivity index (χ0v) is 57.0. The number of carbonyl (C=O) groups is 13. The van der Waals surface area contributed by atoms with E-state index in [9.17, 15) is 77.6 Å². The molecule has 13 atom stereocenters. The monoisotopic (exact) mass is 1380 g/mol. The lowest BCUT2D eigenvalue weighted by atomic mass is 10.0. The predicted molar refractivity (Wildman–Crippen MR) is 353 cm³/mol. The fraction of sp³-hybridized carbons (Fsp3) is 0.677. The summed E-state index contributed by atoms with van der Waals surface area (Å²) in [6.45, 7) is 13.4. The fourth-order valence-electron chi connectivity index (χ4n) is 11.3. The van der Waals surface area contributed by atoms with Gasteiger partial charge in [-0.1, -0.05) is 48.0 Å². The molecule has 0 unspecified atom stereocenters. The second-order valence-electron chi connectivity index (χ2n) is 26.0. The number of imidazole rings is 2. The second-order valence-corrected chi connectivity index (χ2v) is 26.0. The Kier molecular flexibility index (Phi) is 32.9. The molecule has 98 heavy (non-hydrogen) atoms. The van der Waals surface area contributed by atoms with Crippen LogP contribution < -0.4 is 70.8 Å². The van der Waals surface area contributed by atoms with Gasteiger partial charge in [0.25, 0.3) is 0 Å². The molecule has 2 aliphatic heterocycles. The van der Waals surface area contributed by atoms with Crippen LogP contribution in [0.3, 0.4) is 0 Å². The average Bonchev–Trinajstić information content (AvgIpc) is 1.79. The maximum Gasteiger partial charge on any atom is 0.326 e. The molecule has 2 aromatic heterocycles. The summed E-state index contributed by atoms with van der Waals surface area (Å²) >= 11 is 0. The van der Waals surface area contributed by atoms with Gasteiger partial charge >= 0.3 is 11.9 Å². The van der Waals surface area contributed by atoms with Crippen molar-refractivity contribution in [2.75, 3.05) is 26.2 Å². The normalized spacial score (nSPS) is 17.9. The molecule has 546 valence electrons. The summed E-state index contributed by atoms with van der Waals surface area (Å²) in [4.78, 5) is 199. The Bertz CT molecular complexity index is 3050. The number of aliphatic hydroxyl groups excluding tert-OH is 1. The van der Waals surface area contributed by atoms with Crippen molar-refractivity contribution in [1.82, 2.24) is 77.6 Å². The van der Waals surface area contributed by atoms with Crippen LogP contribution in [-0.2, 0) is 75.2 Å². The van der Waals surface area contributed by atoms with Crippen molar-refractivity contribution in [2.24, 2.45) is 45.7 Å². The fourth-order valence-corrected chi connectivity index (χ4v) is 11.3. The van der Waals surface area contributed by atoms with E-state index in [1.807, 2.05) is 0 Å². The summed E-state index contributed by atoms with van der Waals surface area (Å²) in [5.74, 6) is -13.2. The van der Waals surface area contributed by atoms with Gasteiger partial charge in [-0.15, -0.1) is 0 Å². The van der Waals surface area contributed by atoms with Gasteiger partial charge in [-0.25, -0.2) is 14.8 Å². The van der Waals surface area contributed by atoms with Crippen LogP contribution in [0.1, 0.15) is 144 Å². The van der Waals surface area contributed by atoms with E-state index in [1.165, 1.54) is 48.7 Å². The van der Waals surface area contributed by atoms with Crippen LogP contribution in [0.2, 0.25) is 0 Å². The number of aliphatic carboxylic acids is 2. The van der Waals surface area contributed by atoms with Crippen molar-refractivity contribution in [3.63, 3.8) is 0 Å². The number of hydrogen-bond donors (Lipinski definition) is 18. The number of likely N-dealkylation sites (tertiary alicyclic amines) is 2. The van der Waals surface area contributed by atoms with Gasteiger partial charge in [-0.05, 0) is 102 Å². The smallest absolute Gasteiger partial charge is 0.326 e. The first-order valence-corrected chi connectivity index (χ1v) is 33.2. The molecule has 2 aromatic rings. The Morgan fingerprint density at radius 1 is 0.561 bits per heavy atom. The molecule has 0 saturated carbocycles. The molecule has 2 fully saturated rings. The summed E-state index contributed by atoms with van der Waals surface area (Å²) in [7, 11) is 0. The maximum absolute atomic E-state index is 14.9. The van der Waals surface area contributed by atoms with Crippen LogP contribution >= 0.6 is 0 Å². The van der Waals surface area contributed by atoms with Gasteiger partial charge in [0.1, 0.15) is 66.5 Å². The summed E-state index contributed by atoms with van der Waals surface area (Å²) < 4.78 is 0.